The smallest absolute Gasteiger partial charge is 0.255 e. The third-order valence-corrected chi connectivity index (χ3v) is 4.85. The van der Waals surface area contributed by atoms with Crippen molar-refractivity contribution in [1.29, 1.82) is 0 Å². The van der Waals surface area contributed by atoms with E-state index in [-0.39, 0.29) is 17.0 Å². The van der Waals surface area contributed by atoms with Crippen LogP contribution in [0, 0.1) is 17.7 Å². The Labute approximate surface area is 122 Å². The lowest BCUT2D eigenvalue weighted by Gasteiger charge is -2.27. The average molecular weight is 297 g/mol. The molecule has 2 aliphatic rings. The van der Waals surface area contributed by atoms with Crippen molar-refractivity contribution >= 4 is 17.5 Å². The Hall–Kier alpha value is -1.13. The molecule has 1 unspecified atom stereocenters. The molecule has 3 rings (SSSR count). The zero-order valence-electron chi connectivity index (χ0n) is 11.2. The van der Waals surface area contributed by atoms with Crippen molar-refractivity contribution in [3.05, 3.63) is 34.6 Å². The van der Waals surface area contributed by atoms with E-state index in [1.807, 2.05) is 4.90 Å². The zero-order chi connectivity index (χ0) is 14.3. The van der Waals surface area contributed by atoms with E-state index in [1.165, 1.54) is 18.2 Å². The Morgan fingerprint density at radius 1 is 1.30 bits per heavy atom. The summed E-state index contributed by atoms with van der Waals surface area (Å²) >= 11 is 5.97. The molecule has 1 aliphatic carbocycles. The summed E-state index contributed by atoms with van der Waals surface area (Å²) in [5.41, 5.74) is 6.38. The van der Waals surface area contributed by atoms with Gasteiger partial charge in [-0.1, -0.05) is 11.6 Å². The number of carbonyl (C=O) groups excluding carboxylic acids is 1. The van der Waals surface area contributed by atoms with Crippen LogP contribution in [0.3, 0.4) is 0 Å². The van der Waals surface area contributed by atoms with Crippen molar-refractivity contribution in [1.82, 2.24) is 4.90 Å². The lowest BCUT2D eigenvalue weighted by atomic mass is 9.79. The molecule has 1 aliphatic heterocycles. The fourth-order valence-corrected chi connectivity index (χ4v) is 3.71. The monoisotopic (exact) mass is 296 g/mol. The number of carbonyl (C=O) groups is 1. The molecular weight excluding hydrogens is 279 g/mol. The molecule has 0 spiro atoms. The SMILES string of the molecule is NC1CC[C@@H]2CN(C(=O)c3ccc(F)cc3Cl)C[C@@H]2C1. The standard InChI is InChI=1S/C15H18ClFN2O/c16-14-6-11(17)2-4-13(14)15(20)19-7-9-1-3-12(18)5-10(9)8-19/h2,4,6,9-10,12H,1,3,5,7-8,18H2/t9-,10+,12?/m1/s1. The molecule has 3 nitrogen and oxygen atoms in total. The van der Waals surface area contributed by atoms with Gasteiger partial charge in [0.1, 0.15) is 5.82 Å². The zero-order valence-corrected chi connectivity index (χ0v) is 11.9. The molecule has 0 radical (unpaired) electrons. The molecular formula is C15H18ClFN2O. The van der Waals surface area contributed by atoms with Gasteiger partial charge in [-0.25, -0.2) is 4.39 Å². The summed E-state index contributed by atoms with van der Waals surface area (Å²) in [4.78, 5) is 14.3. The van der Waals surface area contributed by atoms with Gasteiger partial charge in [0.15, 0.2) is 0 Å². The maximum atomic E-state index is 13.0. The molecule has 1 aromatic rings. The topological polar surface area (TPSA) is 46.3 Å². The molecule has 1 saturated carbocycles. The Morgan fingerprint density at radius 3 is 2.80 bits per heavy atom. The molecule has 108 valence electrons. The van der Waals surface area contributed by atoms with Gasteiger partial charge in [0, 0.05) is 19.1 Å². The average Bonchev–Trinajstić information content (AvgIpc) is 2.81. The molecule has 1 saturated heterocycles. The molecule has 3 atom stereocenters. The molecule has 20 heavy (non-hydrogen) atoms. The second-order valence-electron chi connectivity index (χ2n) is 5.93. The molecule has 2 fully saturated rings. The fourth-order valence-electron chi connectivity index (χ4n) is 3.47. The highest BCUT2D eigenvalue weighted by molar-refractivity contribution is 6.33. The van der Waals surface area contributed by atoms with Crippen molar-refractivity contribution in [3.63, 3.8) is 0 Å². The van der Waals surface area contributed by atoms with Gasteiger partial charge in [-0.15, -0.1) is 0 Å². The van der Waals surface area contributed by atoms with Crippen LogP contribution >= 0.6 is 11.6 Å². The van der Waals surface area contributed by atoms with Gasteiger partial charge in [0.05, 0.1) is 10.6 Å². The number of amides is 1. The number of halogens is 2. The minimum absolute atomic E-state index is 0.0991. The summed E-state index contributed by atoms with van der Waals surface area (Å²) in [5, 5.41) is 0.182. The quantitative estimate of drug-likeness (QED) is 0.866. The molecule has 1 amide bonds. The van der Waals surface area contributed by atoms with E-state index in [0.717, 1.165) is 32.4 Å². The van der Waals surface area contributed by atoms with Gasteiger partial charge in [-0.05, 0) is 49.3 Å². The summed E-state index contributed by atoms with van der Waals surface area (Å²) in [6.45, 7) is 1.51. The number of rotatable bonds is 1. The predicted molar refractivity (Wildman–Crippen MR) is 76.1 cm³/mol. The van der Waals surface area contributed by atoms with Gasteiger partial charge < -0.3 is 10.6 Å². The van der Waals surface area contributed by atoms with E-state index in [9.17, 15) is 9.18 Å². The van der Waals surface area contributed by atoms with Crippen LogP contribution in [0.2, 0.25) is 5.02 Å². The van der Waals surface area contributed by atoms with E-state index >= 15 is 0 Å². The third-order valence-electron chi connectivity index (χ3n) is 4.54. The number of hydrogen-bond acceptors (Lipinski definition) is 2. The highest BCUT2D eigenvalue weighted by Crippen LogP contribution is 2.36. The molecule has 1 heterocycles. The van der Waals surface area contributed by atoms with Crippen LogP contribution < -0.4 is 5.73 Å². The molecule has 5 heteroatoms. The van der Waals surface area contributed by atoms with Crippen molar-refractivity contribution in [2.45, 2.75) is 25.3 Å². The molecule has 1 aromatic carbocycles. The van der Waals surface area contributed by atoms with Crippen molar-refractivity contribution in [2.24, 2.45) is 17.6 Å². The predicted octanol–water partition coefficient (Wildman–Crippen LogP) is 2.68. The summed E-state index contributed by atoms with van der Waals surface area (Å²) in [6.07, 6.45) is 3.12. The van der Waals surface area contributed by atoms with Crippen LogP contribution in [-0.2, 0) is 0 Å². The van der Waals surface area contributed by atoms with Crippen LogP contribution in [0.1, 0.15) is 29.6 Å². The molecule has 0 bridgehead atoms. The minimum atomic E-state index is -0.424. The first-order chi connectivity index (χ1) is 9.54. The number of nitrogens with two attached hydrogens (primary N) is 1. The molecule has 0 aromatic heterocycles. The Kier molecular flexibility index (Phi) is 3.69. The fraction of sp³-hybridized carbons (Fsp3) is 0.533. The second kappa shape index (κ2) is 5.34. The van der Waals surface area contributed by atoms with Gasteiger partial charge in [0.25, 0.3) is 5.91 Å². The van der Waals surface area contributed by atoms with Crippen LogP contribution in [0.4, 0.5) is 4.39 Å². The van der Waals surface area contributed by atoms with Crippen LogP contribution in [-0.4, -0.2) is 29.9 Å². The Balaban J connectivity index is 1.75. The van der Waals surface area contributed by atoms with Crippen molar-refractivity contribution in [2.75, 3.05) is 13.1 Å². The number of hydrogen-bond donors (Lipinski definition) is 1. The summed E-state index contributed by atoms with van der Waals surface area (Å²) in [5.74, 6) is 0.533. The lowest BCUT2D eigenvalue weighted by molar-refractivity contribution is 0.0784. The largest absolute Gasteiger partial charge is 0.338 e. The summed E-state index contributed by atoms with van der Waals surface area (Å²) in [7, 11) is 0. The second-order valence-corrected chi connectivity index (χ2v) is 6.33. The van der Waals surface area contributed by atoms with Gasteiger partial charge >= 0.3 is 0 Å². The maximum absolute atomic E-state index is 13.0. The lowest BCUT2D eigenvalue weighted by Crippen LogP contribution is -2.32. The molecule has 2 N–H and O–H groups in total. The number of likely N-dealkylation sites (tertiary alicyclic amines) is 1. The summed E-state index contributed by atoms with van der Waals surface area (Å²) in [6, 6.07) is 4.19. The van der Waals surface area contributed by atoms with Crippen LogP contribution in [0.15, 0.2) is 18.2 Å². The maximum Gasteiger partial charge on any atom is 0.255 e. The van der Waals surface area contributed by atoms with E-state index in [0.29, 0.717) is 17.4 Å². The van der Waals surface area contributed by atoms with E-state index < -0.39 is 5.82 Å². The van der Waals surface area contributed by atoms with E-state index in [4.69, 9.17) is 17.3 Å². The van der Waals surface area contributed by atoms with E-state index in [1.54, 1.807) is 0 Å². The number of nitrogens with zero attached hydrogens (tertiary/aromatic N) is 1. The highest BCUT2D eigenvalue weighted by atomic mass is 35.5. The van der Waals surface area contributed by atoms with Gasteiger partial charge in [-0.3, -0.25) is 4.79 Å². The number of fused-ring (bicyclic) bond motifs is 1. The third kappa shape index (κ3) is 2.54. The number of benzene rings is 1. The normalized spacial score (nSPS) is 29.4. The van der Waals surface area contributed by atoms with Crippen molar-refractivity contribution < 1.29 is 9.18 Å². The first-order valence-electron chi connectivity index (χ1n) is 7.04. The highest BCUT2D eigenvalue weighted by Gasteiger charge is 2.39. The van der Waals surface area contributed by atoms with Gasteiger partial charge in [0.2, 0.25) is 0 Å². The van der Waals surface area contributed by atoms with E-state index in [2.05, 4.69) is 0 Å². The Bertz CT molecular complexity index is 537. The van der Waals surface area contributed by atoms with Crippen LogP contribution in [0.25, 0.3) is 0 Å². The first kappa shape index (κ1) is 13.8. The minimum Gasteiger partial charge on any atom is -0.338 e. The summed E-state index contributed by atoms with van der Waals surface area (Å²) < 4.78 is 13.0. The van der Waals surface area contributed by atoms with Crippen LogP contribution in [0.5, 0.6) is 0 Å². The first-order valence-corrected chi connectivity index (χ1v) is 7.42. The van der Waals surface area contributed by atoms with Crippen molar-refractivity contribution in [3.8, 4) is 0 Å². The Morgan fingerprint density at radius 2 is 2.05 bits per heavy atom. The van der Waals surface area contributed by atoms with Gasteiger partial charge in [-0.2, -0.15) is 0 Å².